The first-order chi connectivity index (χ1) is 16.6. The number of carbonyl (C=O) groups excluding carboxylic acids is 1. The molecule has 0 unspecified atom stereocenters. The van der Waals surface area contributed by atoms with E-state index in [-0.39, 0.29) is 16.6 Å². The predicted molar refractivity (Wildman–Crippen MR) is 141 cm³/mol. The molecule has 4 nitrogen and oxygen atoms in total. The maximum atomic E-state index is 11.8. The van der Waals surface area contributed by atoms with E-state index in [4.69, 9.17) is 0 Å². The minimum atomic E-state index is -0.642. The molecule has 4 aliphatic carbocycles. The van der Waals surface area contributed by atoms with E-state index >= 15 is 0 Å². The van der Waals surface area contributed by atoms with Crippen LogP contribution in [0.4, 0.5) is 0 Å². The van der Waals surface area contributed by atoms with Gasteiger partial charge in [0.2, 0.25) is 0 Å². The summed E-state index contributed by atoms with van der Waals surface area (Å²) >= 11 is 0. The standard InChI is InChI=1S/C31H46O4/c1-20(7-10-25(33)13-15-31(16-17-31)22(3)32)27-11-12-28-23(6-5-14-30(27,28)4)8-9-24-18-26(34)19-29(35)21(24)2/h7-10,20,25-29,33-35H,2,5-6,11-19H2,1,3-4H3/b10-7+,23-8+,24-9-/t20-,25-,26-,27-,28+,29+,30-/m1/s1. The molecule has 4 rings (SSSR count). The van der Waals surface area contributed by atoms with Crippen molar-refractivity contribution in [2.45, 2.75) is 110 Å². The van der Waals surface area contributed by atoms with Crippen LogP contribution in [0.5, 0.6) is 0 Å². The van der Waals surface area contributed by atoms with Crippen molar-refractivity contribution >= 4 is 5.78 Å². The van der Waals surface area contributed by atoms with Crippen molar-refractivity contribution in [3.63, 3.8) is 0 Å². The van der Waals surface area contributed by atoms with E-state index in [1.165, 1.54) is 31.3 Å². The molecule has 0 aromatic carbocycles. The lowest BCUT2D eigenvalue weighted by molar-refractivity contribution is -0.122. The van der Waals surface area contributed by atoms with Crippen LogP contribution in [-0.4, -0.2) is 39.4 Å². The van der Waals surface area contributed by atoms with Crippen molar-refractivity contribution in [1.82, 2.24) is 0 Å². The molecule has 4 saturated carbocycles. The van der Waals surface area contributed by atoms with Crippen molar-refractivity contribution in [2.75, 3.05) is 0 Å². The highest BCUT2D eigenvalue weighted by atomic mass is 16.3. The molecule has 0 bridgehead atoms. The Kier molecular flexibility index (Phi) is 7.95. The van der Waals surface area contributed by atoms with Gasteiger partial charge in [0.1, 0.15) is 5.78 Å². The summed E-state index contributed by atoms with van der Waals surface area (Å²) in [5, 5.41) is 30.8. The van der Waals surface area contributed by atoms with Gasteiger partial charge in [-0.15, -0.1) is 0 Å². The third-order valence-electron chi connectivity index (χ3n) is 10.1. The van der Waals surface area contributed by atoms with Crippen LogP contribution < -0.4 is 0 Å². The van der Waals surface area contributed by atoms with E-state index in [1.807, 2.05) is 6.08 Å². The molecule has 0 saturated heterocycles. The van der Waals surface area contributed by atoms with E-state index in [0.29, 0.717) is 37.0 Å². The lowest BCUT2D eigenvalue weighted by Gasteiger charge is -2.44. The van der Waals surface area contributed by atoms with Crippen LogP contribution in [0.15, 0.2) is 47.6 Å². The number of allylic oxidation sites excluding steroid dienone is 4. The largest absolute Gasteiger partial charge is 0.393 e. The minimum absolute atomic E-state index is 0.132. The molecule has 0 aromatic heterocycles. The van der Waals surface area contributed by atoms with Crippen molar-refractivity contribution in [3.8, 4) is 0 Å². The molecule has 7 atom stereocenters. The SMILES string of the molecule is C=C1/C(=C\C=C2/CCC[C@]3(C)[C@@H]([C@H](C)/C=C/[C@@H](O)CCC4(C(C)=O)CC4)CC[C@@H]23)C[C@@H](O)C[C@@H]1O. The van der Waals surface area contributed by atoms with Gasteiger partial charge in [0.15, 0.2) is 0 Å². The highest BCUT2D eigenvalue weighted by Crippen LogP contribution is 2.59. The normalized spacial score (nSPS) is 38.6. The van der Waals surface area contributed by atoms with Gasteiger partial charge in [0.25, 0.3) is 0 Å². The molecular formula is C31H46O4. The molecule has 0 aromatic rings. The number of rotatable bonds is 8. The number of carbonyl (C=O) groups is 1. The molecule has 194 valence electrons. The Morgan fingerprint density at radius 1 is 1.17 bits per heavy atom. The number of hydrogen-bond acceptors (Lipinski definition) is 4. The zero-order valence-electron chi connectivity index (χ0n) is 22.0. The van der Waals surface area contributed by atoms with Gasteiger partial charge in [-0.05, 0) is 105 Å². The first-order valence-corrected chi connectivity index (χ1v) is 13.9. The summed E-state index contributed by atoms with van der Waals surface area (Å²) in [5.74, 6) is 1.84. The van der Waals surface area contributed by atoms with Crippen LogP contribution in [0.3, 0.4) is 0 Å². The van der Waals surface area contributed by atoms with Gasteiger partial charge in [-0.2, -0.15) is 0 Å². The Labute approximate surface area is 211 Å². The number of aliphatic hydroxyl groups excluding tert-OH is 3. The number of Topliss-reactive ketones (excluding diaryl/α,β-unsaturated/α-hetero) is 1. The van der Waals surface area contributed by atoms with Crippen LogP contribution >= 0.6 is 0 Å². The first-order valence-electron chi connectivity index (χ1n) is 13.9. The fourth-order valence-corrected chi connectivity index (χ4v) is 7.50. The Morgan fingerprint density at radius 3 is 2.60 bits per heavy atom. The highest BCUT2D eigenvalue weighted by molar-refractivity contribution is 5.84. The molecule has 0 aliphatic heterocycles. The molecule has 4 fully saturated rings. The minimum Gasteiger partial charge on any atom is -0.393 e. The molecular weight excluding hydrogens is 436 g/mol. The predicted octanol–water partition coefficient (Wildman–Crippen LogP) is 5.83. The molecule has 3 N–H and O–H groups in total. The van der Waals surface area contributed by atoms with Crippen LogP contribution in [0, 0.1) is 28.6 Å². The zero-order valence-corrected chi connectivity index (χ0v) is 22.0. The van der Waals surface area contributed by atoms with Crippen molar-refractivity contribution in [2.24, 2.45) is 28.6 Å². The molecule has 0 spiro atoms. The maximum Gasteiger partial charge on any atom is 0.135 e. The van der Waals surface area contributed by atoms with E-state index in [0.717, 1.165) is 36.8 Å². The van der Waals surface area contributed by atoms with Crippen LogP contribution in [-0.2, 0) is 4.79 Å². The summed E-state index contributed by atoms with van der Waals surface area (Å²) in [4.78, 5) is 11.8. The van der Waals surface area contributed by atoms with Gasteiger partial charge in [-0.25, -0.2) is 0 Å². The third kappa shape index (κ3) is 5.60. The fourth-order valence-electron chi connectivity index (χ4n) is 7.50. The number of aliphatic hydroxyl groups is 3. The molecule has 35 heavy (non-hydrogen) atoms. The second-order valence-corrected chi connectivity index (χ2v) is 12.4. The zero-order chi connectivity index (χ0) is 25.4. The molecule has 4 heteroatoms. The first kappa shape index (κ1) is 26.6. The maximum absolute atomic E-state index is 11.8. The Bertz CT molecular complexity index is 907. The summed E-state index contributed by atoms with van der Waals surface area (Å²) in [5.41, 5.74) is 3.36. The van der Waals surface area contributed by atoms with E-state index in [9.17, 15) is 20.1 Å². The van der Waals surface area contributed by atoms with Gasteiger partial charge < -0.3 is 15.3 Å². The van der Waals surface area contributed by atoms with E-state index < -0.39 is 18.3 Å². The Hall–Kier alpha value is -1.49. The van der Waals surface area contributed by atoms with Gasteiger partial charge in [-0.3, -0.25) is 4.79 Å². The van der Waals surface area contributed by atoms with E-state index in [1.54, 1.807) is 6.92 Å². The summed E-state index contributed by atoms with van der Waals surface area (Å²) in [6.07, 6.45) is 17.3. The molecule has 4 aliphatic rings. The van der Waals surface area contributed by atoms with Crippen LogP contribution in [0.1, 0.15) is 91.4 Å². The Morgan fingerprint density at radius 2 is 1.91 bits per heavy atom. The Balaban J connectivity index is 1.39. The van der Waals surface area contributed by atoms with Crippen molar-refractivity contribution in [3.05, 3.63) is 47.6 Å². The quantitative estimate of drug-likeness (QED) is 0.380. The average Bonchev–Trinajstić information content (AvgIpc) is 3.52. The third-order valence-corrected chi connectivity index (χ3v) is 10.1. The van der Waals surface area contributed by atoms with Crippen LogP contribution in [0.2, 0.25) is 0 Å². The monoisotopic (exact) mass is 482 g/mol. The van der Waals surface area contributed by atoms with Crippen molar-refractivity contribution < 1.29 is 20.1 Å². The summed E-state index contributed by atoms with van der Waals surface area (Å²) in [6, 6.07) is 0. The number of fused-ring (bicyclic) bond motifs is 1. The average molecular weight is 483 g/mol. The van der Waals surface area contributed by atoms with Gasteiger partial charge >= 0.3 is 0 Å². The van der Waals surface area contributed by atoms with Gasteiger partial charge in [-0.1, -0.05) is 50.3 Å². The molecule has 0 heterocycles. The van der Waals surface area contributed by atoms with Crippen LogP contribution in [0.25, 0.3) is 0 Å². The highest BCUT2D eigenvalue weighted by Gasteiger charge is 2.50. The lowest BCUT2D eigenvalue weighted by atomic mass is 9.61. The fraction of sp³-hybridized carbons (Fsp3) is 0.710. The number of ketones is 1. The summed E-state index contributed by atoms with van der Waals surface area (Å²) in [6.45, 7) is 10.5. The second-order valence-electron chi connectivity index (χ2n) is 12.4. The molecule has 0 amide bonds. The molecule has 0 radical (unpaired) electrons. The second kappa shape index (κ2) is 10.5. The lowest BCUT2D eigenvalue weighted by Crippen LogP contribution is -2.35. The number of hydrogen-bond donors (Lipinski definition) is 3. The van der Waals surface area contributed by atoms with Crippen molar-refractivity contribution in [1.29, 1.82) is 0 Å². The van der Waals surface area contributed by atoms with Gasteiger partial charge in [0.05, 0.1) is 18.3 Å². The summed E-state index contributed by atoms with van der Waals surface area (Å²) < 4.78 is 0. The smallest absolute Gasteiger partial charge is 0.135 e. The van der Waals surface area contributed by atoms with Gasteiger partial charge in [0, 0.05) is 11.8 Å². The summed E-state index contributed by atoms with van der Waals surface area (Å²) in [7, 11) is 0. The van der Waals surface area contributed by atoms with E-state index in [2.05, 4.69) is 38.7 Å². The topological polar surface area (TPSA) is 77.8 Å².